The Morgan fingerprint density at radius 3 is 2.70 bits per heavy atom. The van der Waals surface area contributed by atoms with Crippen LogP contribution in [0.15, 0.2) is 22.8 Å². The summed E-state index contributed by atoms with van der Waals surface area (Å²) in [6, 6.07) is 4.21. The minimum absolute atomic E-state index is 0.196. The highest BCUT2D eigenvalue weighted by molar-refractivity contribution is 9.10. The van der Waals surface area contributed by atoms with Gasteiger partial charge in [-0.1, -0.05) is 13.0 Å². The molecule has 0 bridgehead atoms. The number of nitrogens with zero attached hydrogens (tertiary/aromatic N) is 2. The average Bonchev–Trinajstić information content (AvgIpc) is 2.39. The monoisotopic (exact) mass is 341 g/mol. The van der Waals surface area contributed by atoms with E-state index in [9.17, 15) is 8.78 Å². The zero-order valence-electron chi connectivity index (χ0n) is 11.2. The highest BCUT2D eigenvalue weighted by Crippen LogP contribution is 2.25. The lowest BCUT2D eigenvalue weighted by Crippen LogP contribution is -2.04. The molecule has 1 aromatic carbocycles. The van der Waals surface area contributed by atoms with Gasteiger partial charge in [0, 0.05) is 12.5 Å². The zero-order valence-corrected chi connectivity index (χ0v) is 12.8. The number of hydrogen-bond donors (Lipinski definition) is 1. The Morgan fingerprint density at radius 2 is 2.00 bits per heavy atom. The van der Waals surface area contributed by atoms with Crippen LogP contribution in [-0.4, -0.2) is 9.97 Å². The van der Waals surface area contributed by atoms with Crippen LogP contribution >= 0.6 is 15.9 Å². The quantitative estimate of drug-likeness (QED) is 0.830. The molecule has 2 aromatic rings. The Labute approximate surface area is 124 Å². The molecule has 0 radical (unpaired) electrons. The molecule has 2 rings (SSSR count). The third kappa shape index (κ3) is 3.30. The lowest BCUT2D eigenvalue weighted by atomic mass is 10.2. The Bertz CT molecular complexity index is 632. The molecule has 0 fully saturated rings. The van der Waals surface area contributed by atoms with E-state index in [0.717, 1.165) is 6.42 Å². The maximum atomic E-state index is 13.9. The molecule has 20 heavy (non-hydrogen) atoms. The largest absolute Gasteiger partial charge is 0.335 e. The SMILES string of the molecule is CCCc1nc(Br)cc(Nc2c(F)ccc(C)c2F)n1. The maximum Gasteiger partial charge on any atom is 0.152 e. The first-order valence-corrected chi connectivity index (χ1v) is 7.05. The summed E-state index contributed by atoms with van der Waals surface area (Å²) in [6.45, 7) is 3.59. The fourth-order valence-corrected chi connectivity index (χ4v) is 2.18. The van der Waals surface area contributed by atoms with Gasteiger partial charge in [0.1, 0.15) is 27.8 Å². The summed E-state index contributed by atoms with van der Waals surface area (Å²) in [4.78, 5) is 8.45. The molecular formula is C14H14BrF2N3. The second kappa shape index (κ2) is 6.26. The maximum absolute atomic E-state index is 13.9. The number of anilines is 2. The second-order valence-corrected chi connectivity index (χ2v) is 5.23. The molecule has 0 atom stereocenters. The van der Waals surface area contributed by atoms with E-state index in [1.807, 2.05) is 6.92 Å². The molecule has 0 saturated carbocycles. The minimum Gasteiger partial charge on any atom is -0.335 e. The molecule has 1 N–H and O–H groups in total. The van der Waals surface area contributed by atoms with Gasteiger partial charge in [0.15, 0.2) is 5.82 Å². The molecule has 0 amide bonds. The van der Waals surface area contributed by atoms with E-state index >= 15 is 0 Å². The number of aryl methyl sites for hydroxylation is 2. The van der Waals surface area contributed by atoms with Gasteiger partial charge in [-0.15, -0.1) is 0 Å². The van der Waals surface area contributed by atoms with Crippen LogP contribution in [0.4, 0.5) is 20.3 Å². The summed E-state index contributed by atoms with van der Waals surface area (Å²) >= 11 is 3.27. The smallest absolute Gasteiger partial charge is 0.152 e. The molecule has 1 aromatic heterocycles. The van der Waals surface area contributed by atoms with Crippen molar-refractivity contribution in [2.45, 2.75) is 26.7 Å². The van der Waals surface area contributed by atoms with Crippen LogP contribution in [0, 0.1) is 18.6 Å². The van der Waals surface area contributed by atoms with Crippen molar-refractivity contribution in [3.63, 3.8) is 0 Å². The van der Waals surface area contributed by atoms with Crippen molar-refractivity contribution in [3.05, 3.63) is 45.8 Å². The van der Waals surface area contributed by atoms with Crippen molar-refractivity contribution in [2.75, 3.05) is 5.32 Å². The summed E-state index contributed by atoms with van der Waals surface area (Å²) in [7, 11) is 0. The van der Waals surface area contributed by atoms with Crippen LogP contribution in [0.25, 0.3) is 0 Å². The molecule has 0 spiro atoms. The van der Waals surface area contributed by atoms with Crippen molar-refractivity contribution in [1.82, 2.24) is 9.97 Å². The topological polar surface area (TPSA) is 37.8 Å². The number of hydrogen-bond acceptors (Lipinski definition) is 3. The van der Waals surface area contributed by atoms with Crippen LogP contribution in [0.5, 0.6) is 0 Å². The van der Waals surface area contributed by atoms with E-state index in [4.69, 9.17) is 0 Å². The standard InChI is InChI=1S/C14H14BrF2N3/c1-3-4-11-18-10(15)7-12(19-11)20-14-9(16)6-5-8(2)13(14)17/h5-7H,3-4H2,1-2H3,(H,18,19,20). The molecule has 0 aliphatic heterocycles. The van der Waals surface area contributed by atoms with Gasteiger partial charge in [0.25, 0.3) is 0 Å². The van der Waals surface area contributed by atoms with Gasteiger partial charge < -0.3 is 5.32 Å². The lowest BCUT2D eigenvalue weighted by molar-refractivity contribution is 0.584. The van der Waals surface area contributed by atoms with Gasteiger partial charge >= 0.3 is 0 Å². The molecule has 0 aliphatic rings. The van der Waals surface area contributed by atoms with Gasteiger partial charge in [-0.05, 0) is 40.9 Å². The number of nitrogens with one attached hydrogen (secondary N) is 1. The molecule has 3 nitrogen and oxygen atoms in total. The molecule has 0 aliphatic carbocycles. The van der Waals surface area contributed by atoms with Crippen molar-refractivity contribution in [3.8, 4) is 0 Å². The first-order chi connectivity index (χ1) is 9.51. The van der Waals surface area contributed by atoms with Crippen molar-refractivity contribution in [2.24, 2.45) is 0 Å². The van der Waals surface area contributed by atoms with Gasteiger partial charge in [-0.2, -0.15) is 0 Å². The fourth-order valence-electron chi connectivity index (χ4n) is 1.76. The summed E-state index contributed by atoms with van der Waals surface area (Å²) in [6.07, 6.45) is 1.59. The molecule has 1 heterocycles. The fraction of sp³-hybridized carbons (Fsp3) is 0.286. The predicted molar refractivity (Wildman–Crippen MR) is 78.1 cm³/mol. The predicted octanol–water partition coefficient (Wildman–Crippen LogP) is 4.52. The summed E-state index contributed by atoms with van der Waals surface area (Å²) in [5, 5.41) is 2.69. The summed E-state index contributed by atoms with van der Waals surface area (Å²) in [5.41, 5.74) is 0.175. The second-order valence-electron chi connectivity index (χ2n) is 4.42. The summed E-state index contributed by atoms with van der Waals surface area (Å²) in [5.74, 6) is -0.284. The van der Waals surface area contributed by atoms with Gasteiger partial charge in [0.05, 0.1) is 0 Å². The first kappa shape index (κ1) is 14.8. The number of benzene rings is 1. The molecule has 0 saturated heterocycles. The summed E-state index contributed by atoms with van der Waals surface area (Å²) < 4.78 is 28.2. The molecular weight excluding hydrogens is 328 g/mol. The van der Waals surface area contributed by atoms with Crippen LogP contribution in [0.1, 0.15) is 24.7 Å². The third-order valence-electron chi connectivity index (χ3n) is 2.75. The Balaban J connectivity index is 2.37. The van der Waals surface area contributed by atoms with E-state index in [1.54, 1.807) is 13.0 Å². The van der Waals surface area contributed by atoms with E-state index in [-0.39, 0.29) is 5.69 Å². The third-order valence-corrected chi connectivity index (χ3v) is 3.16. The van der Waals surface area contributed by atoms with Crippen LogP contribution in [0.2, 0.25) is 0 Å². The Kier molecular flexibility index (Phi) is 4.65. The van der Waals surface area contributed by atoms with Gasteiger partial charge in [-0.25, -0.2) is 18.7 Å². The molecule has 106 valence electrons. The highest BCUT2D eigenvalue weighted by atomic mass is 79.9. The van der Waals surface area contributed by atoms with Crippen LogP contribution in [0.3, 0.4) is 0 Å². The van der Waals surface area contributed by atoms with Crippen molar-refractivity contribution >= 4 is 27.4 Å². The first-order valence-electron chi connectivity index (χ1n) is 6.26. The molecule has 6 heteroatoms. The van der Waals surface area contributed by atoms with Gasteiger partial charge in [0.2, 0.25) is 0 Å². The average molecular weight is 342 g/mol. The van der Waals surface area contributed by atoms with Crippen LogP contribution < -0.4 is 5.32 Å². The lowest BCUT2D eigenvalue weighted by Gasteiger charge is -2.11. The number of aromatic nitrogens is 2. The van der Waals surface area contributed by atoms with E-state index in [1.165, 1.54) is 12.1 Å². The normalized spacial score (nSPS) is 10.7. The molecule has 0 unspecified atom stereocenters. The number of rotatable bonds is 4. The van der Waals surface area contributed by atoms with E-state index in [2.05, 4.69) is 31.2 Å². The highest BCUT2D eigenvalue weighted by Gasteiger charge is 2.13. The van der Waals surface area contributed by atoms with E-state index < -0.39 is 11.6 Å². The Morgan fingerprint density at radius 1 is 1.25 bits per heavy atom. The van der Waals surface area contributed by atoms with Gasteiger partial charge in [-0.3, -0.25) is 0 Å². The van der Waals surface area contributed by atoms with Crippen molar-refractivity contribution < 1.29 is 8.78 Å². The zero-order chi connectivity index (χ0) is 14.7. The van der Waals surface area contributed by atoms with Crippen molar-refractivity contribution in [1.29, 1.82) is 0 Å². The van der Waals surface area contributed by atoms with Crippen LogP contribution in [-0.2, 0) is 6.42 Å². The number of halogens is 3. The minimum atomic E-state index is -0.653. The Hall–Kier alpha value is -1.56. The van der Waals surface area contributed by atoms with E-state index in [0.29, 0.717) is 28.2 Å².